The molecule has 0 N–H and O–H groups in total. The van der Waals surface area contributed by atoms with Crippen molar-refractivity contribution in [3.05, 3.63) is 180 Å². The number of rotatable bonds is 8. The van der Waals surface area contributed by atoms with Gasteiger partial charge in [-0.05, 0) is 66.3 Å². The zero-order valence-electron chi connectivity index (χ0n) is 25.6. The van der Waals surface area contributed by atoms with Crippen molar-refractivity contribution in [2.24, 2.45) is 15.9 Å². The molecular formula is C42H37N3. The van der Waals surface area contributed by atoms with E-state index in [9.17, 15) is 0 Å². The number of hydrogen-bond donors (Lipinski definition) is 0. The zero-order valence-corrected chi connectivity index (χ0v) is 25.6. The summed E-state index contributed by atoms with van der Waals surface area (Å²) in [6, 6.07) is 49.3. The molecule has 0 spiro atoms. The van der Waals surface area contributed by atoms with Gasteiger partial charge in [0.25, 0.3) is 0 Å². The van der Waals surface area contributed by atoms with E-state index in [0.717, 1.165) is 58.9 Å². The Hall–Kier alpha value is -5.28. The number of allylic oxidation sites excluding steroid dienone is 3. The molecule has 1 unspecified atom stereocenters. The summed E-state index contributed by atoms with van der Waals surface area (Å²) in [5.74, 6) is 0.891. The van der Waals surface area contributed by atoms with Gasteiger partial charge in [-0.25, -0.2) is 4.99 Å². The number of amidine groups is 1. The highest BCUT2D eigenvalue weighted by Gasteiger charge is 2.33. The topological polar surface area (TPSA) is 28.0 Å². The third kappa shape index (κ3) is 5.94. The van der Waals surface area contributed by atoms with Crippen LogP contribution in [0.25, 0.3) is 11.1 Å². The lowest BCUT2D eigenvalue weighted by molar-refractivity contribution is 0.532. The van der Waals surface area contributed by atoms with E-state index in [-0.39, 0.29) is 12.0 Å². The molecule has 5 aromatic rings. The normalized spacial score (nSPS) is 17.7. The molecule has 2 aliphatic rings. The van der Waals surface area contributed by atoms with Crippen molar-refractivity contribution in [1.82, 2.24) is 0 Å². The molecule has 0 aromatic heterocycles. The molecule has 220 valence electrons. The summed E-state index contributed by atoms with van der Waals surface area (Å²) in [6.45, 7) is 2.26. The molecule has 1 aliphatic heterocycles. The van der Waals surface area contributed by atoms with Crippen LogP contribution in [-0.4, -0.2) is 11.5 Å². The Morgan fingerprint density at radius 2 is 1.33 bits per heavy atom. The summed E-state index contributed by atoms with van der Waals surface area (Å²) in [7, 11) is 0. The van der Waals surface area contributed by atoms with Crippen molar-refractivity contribution in [2.75, 3.05) is 4.90 Å². The van der Waals surface area contributed by atoms with Crippen LogP contribution in [0.15, 0.2) is 173 Å². The van der Waals surface area contributed by atoms with E-state index in [0.29, 0.717) is 0 Å². The summed E-state index contributed by atoms with van der Waals surface area (Å²) >= 11 is 0. The molecule has 0 bridgehead atoms. The molecule has 1 aliphatic carbocycles. The van der Waals surface area contributed by atoms with Crippen LogP contribution in [0.3, 0.4) is 0 Å². The molecule has 7 rings (SSSR count). The SMILES string of the molecule is CC[C@@H]1C(c2ccccc2N(C2=CCCC=C2)c2ccccc2)=NC(c2cccc(-c3ccccc3)c2)=NC1c1ccccc1. The number of nitrogens with zero attached hydrogens (tertiary/aromatic N) is 3. The van der Waals surface area contributed by atoms with Crippen LogP contribution in [0.1, 0.15) is 48.9 Å². The fraction of sp³-hybridized carbons (Fsp3) is 0.143. The third-order valence-corrected chi connectivity index (χ3v) is 8.70. The van der Waals surface area contributed by atoms with E-state index in [1.807, 2.05) is 0 Å². The van der Waals surface area contributed by atoms with Crippen LogP contribution in [-0.2, 0) is 0 Å². The van der Waals surface area contributed by atoms with Gasteiger partial charge in [-0.15, -0.1) is 0 Å². The summed E-state index contributed by atoms with van der Waals surface area (Å²) in [6.07, 6.45) is 9.89. The minimum absolute atomic E-state index is 0.0499. The van der Waals surface area contributed by atoms with Crippen molar-refractivity contribution in [1.29, 1.82) is 0 Å². The lowest BCUT2D eigenvalue weighted by Gasteiger charge is -2.34. The quantitative estimate of drug-likeness (QED) is 0.179. The average molecular weight is 584 g/mol. The van der Waals surface area contributed by atoms with Gasteiger partial charge in [-0.1, -0.05) is 134 Å². The average Bonchev–Trinajstić information content (AvgIpc) is 3.13. The van der Waals surface area contributed by atoms with Crippen LogP contribution in [0.4, 0.5) is 11.4 Å². The van der Waals surface area contributed by atoms with Crippen molar-refractivity contribution in [3.63, 3.8) is 0 Å². The van der Waals surface area contributed by atoms with E-state index in [1.165, 1.54) is 16.8 Å². The molecule has 3 heteroatoms. The monoisotopic (exact) mass is 583 g/mol. The molecule has 45 heavy (non-hydrogen) atoms. The van der Waals surface area contributed by atoms with Gasteiger partial charge >= 0.3 is 0 Å². The smallest absolute Gasteiger partial charge is 0.155 e. The molecule has 0 radical (unpaired) electrons. The summed E-state index contributed by atoms with van der Waals surface area (Å²) in [4.78, 5) is 13.3. The van der Waals surface area contributed by atoms with Crippen molar-refractivity contribution in [2.45, 2.75) is 32.2 Å². The minimum Gasteiger partial charge on any atom is -0.310 e. The Bertz CT molecular complexity index is 1880. The van der Waals surface area contributed by atoms with Gasteiger partial charge in [0.1, 0.15) is 0 Å². The lowest BCUT2D eigenvalue weighted by atomic mass is 9.82. The van der Waals surface area contributed by atoms with Gasteiger partial charge in [0.15, 0.2) is 5.84 Å². The van der Waals surface area contributed by atoms with Gasteiger partial charge < -0.3 is 4.90 Å². The van der Waals surface area contributed by atoms with E-state index in [2.05, 4.69) is 170 Å². The first-order chi connectivity index (χ1) is 22.3. The van der Waals surface area contributed by atoms with Crippen LogP contribution in [0.5, 0.6) is 0 Å². The second kappa shape index (κ2) is 13.2. The second-order valence-corrected chi connectivity index (χ2v) is 11.6. The number of hydrogen-bond acceptors (Lipinski definition) is 3. The minimum atomic E-state index is -0.0499. The molecular weight excluding hydrogens is 546 g/mol. The molecule has 1 heterocycles. The first-order valence-electron chi connectivity index (χ1n) is 16.0. The van der Waals surface area contributed by atoms with E-state index in [4.69, 9.17) is 9.98 Å². The lowest BCUT2D eigenvalue weighted by Crippen LogP contribution is -2.30. The van der Waals surface area contributed by atoms with Gasteiger partial charge in [0.05, 0.1) is 17.4 Å². The van der Waals surface area contributed by atoms with E-state index < -0.39 is 0 Å². The Morgan fingerprint density at radius 1 is 0.667 bits per heavy atom. The van der Waals surface area contributed by atoms with E-state index >= 15 is 0 Å². The Balaban J connectivity index is 1.41. The highest BCUT2D eigenvalue weighted by atomic mass is 15.2. The predicted molar refractivity (Wildman–Crippen MR) is 189 cm³/mol. The van der Waals surface area contributed by atoms with Crippen LogP contribution in [0.2, 0.25) is 0 Å². The number of anilines is 2. The first kappa shape index (κ1) is 28.5. The summed E-state index contributed by atoms with van der Waals surface area (Å²) in [5, 5.41) is 0. The third-order valence-electron chi connectivity index (χ3n) is 8.70. The van der Waals surface area contributed by atoms with Gasteiger partial charge in [0.2, 0.25) is 0 Å². The maximum atomic E-state index is 5.47. The largest absolute Gasteiger partial charge is 0.310 e. The molecule has 0 fully saturated rings. The summed E-state index contributed by atoms with van der Waals surface area (Å²) in [5.41, 5.74) is 10.3. The summed E-state index contributed by atoms with van der Waals surface area (Å²) < 4.78 is 0. The van der Waals surface area contributed by atoms with Gasteiger partial charge in [-0.2, -0.15) is 0 Å². The number of para-hydroxylation sites is 2. The first-order valence-corrected chi connectivity index (χ1v) is 16.0. The van der Waals surface area contributed by atoms with E-state index in [1.54, 1.807) is 0 Å². The zero-order chi connectivity index (χ0) is 30.4. The predicted octanol–water partition coefficient (Wildman–Crippen LogP) is 10.7. The van der Waals surface area contributed by atoms with Crippen LogP contribution >= 0.6 is 0 Å². The Kier molecular flexibility index (Phi) is 8.33. The van der Waals surface area contributed by atoms with Crippen molar-refractivity contribution in [3.8, 4) is 11.1 Å². The number of benzene rings is 5. The molecule has 5 aromatic carbocycles. The second-order valence-electron chi connectivity index (χ2n) is 11.6. The van der Waals surface area contributed by atoms with Crippen molar-refractivity contribution < 1.29 is 0 Å². The maximum absolute atomic E-state index is 5.47. The molecule has 2 atom stereocenters. The van der Waals surface area contributed by atoms with Gasteiger partial charge in [0, 0.05) is 28.4 Å². The standard InChI is InChI=1S/C42H37N3/c1-2-37-40(32-20-9-4-10-21-32)43-42(34-23-17-22-33(30-34)31-18-7-3-8-19-31)44-41(37)38-28-15-16-29-39(38)45(35-24-11-5-12-25-35)36-26-13-6-14-27-36/h3-5,7-13,15-30,37,40H,2,6,14H2,1H3/t37-,40?/m0/s1. The molecule has 3 nitrogen and oxygen atoms in total. The molecule has 0 amide bonds. The fourth-order valence-electron chi connectivity index (χ4n) is 6.49. The number of aliphatic imine (C=N–C) groups is 2. The van der Waals surface area contributed by atoms with Gasteiger partial charge in [-0.3, -0.25) is 4.99 Å². The Labute approximate surface area is 266 Å². The van der Waals surface area contributed by atoms with Crippen LogP contribution in [0, 0.1) is 5.92 Å². The molecule has 0 saturated carbocycles. The maximum Gasteiger partial charge on any atom is 0.155 e. The van der Waals surface area contributed by atoms with Crippen LogP contribution < -0.4 is 4.90 Å². The highest BCUT2D eigenvalue weighted by Crippen LogP contribution is 2.41. The van der Waals surface area contributed by atoms with Crippen molar-refractivity contribution >= 4 is 22.9 Å². The highest BCUT2D eigenvalue weighted by molar-refractivity contribution is 6.17. The fourth-order valence-corrected chi connectivity index (χ4v) is 6.49. The molecule has 0 saturated heterocycles. The Morgan fingerprint density at radius 3 is 2.07 bits per heavy atom.